The fourth-order valence-corrected chi connectivity index (χ4v) is 3.00. The summed E-state index contributed by atoms with van der Waals surface area (Å²) in [5.41, 5.74) is 1.61. The van der Waals surface area contributed by atoms with Crippen molar-refractivity contribution < 1.29 is 19.1 Å². The third-order valence-corrected chi connectivity index (χ3v) is 4.60. The lowest BCUT2D eigenvalue weighted by Gasteiger charge is -2.24. The van der Waals surface area contributed by atoms with Crippen LogP contribution in [0.3, 0.4) is 0 Å². The Balaban J connectivity index is 1.72. The summed E-state index contributed by atoms with van der Waals surface area (Å²) in [6, 6.07) is 12.7. The van der Waals surface area contributed by atoms with Crippen LogP contribution in [0.25, 0.3) is 0 Å². The van der Waals surface area contributed by atoms with E-state index in [2.05, 4.69) is 5.32 Å². The van der Waals surface area contributed by atoms with Crippen molar-refractivity contribution in [1.82, 2.24) is 0 Å². The zero-order valence-corrected chi connectivity index (χ0v) is 16.0. The molecule has 0 aromatic heterocycles. The number of carbonyl (C=O) groups excluding carboxylic acids is 2. The molecule has 1 heterocycles. The molecule has 0 unspecified atom stereocenters. The number of nitrogens with one attached hydrogen (secondary N) is 1. The summed E-state index contributed by atoms with van der Waals surface area (Å²) in [6.07, 6.45) is 0.257. The summed E-state index contributed by atoms with van der Waals surface area (Å²) < 4.78 is 11.0. The zero-order valence-electron chi connectivity index (χ0n) is 16.0. The van der Waals surface area contributed by atoms with Gasteiger partial charge in [-0.2, -0.15) is 0 Å². The Kier molecular flexibility index (Phi) is 5.08. The van der Waals surface area contributed by atoms with Gasteiger partial charge in [-0.3, -0.25) is 9.59 Å². The van der Waals surface area contributed by atoms with E-state index in [1.165, 1.54) is 0 Å². The molecule has 0 aliphatic carbocycles. The minimum Gasteiger partial charge on any atom is -0.497 e. The maximum absolute atomic E-state index is 12.5. The van der Waals surface area contributed by atoms with Gasteiger partial charge < -0.3 is 19.7 Å². The molecular formula is C21H24N2O4. The molecular weight excluding hydrogens is 344 g/mol. The molecule has 0 saturated carbocycles. The van der Waals surface area contributed by atoms with E-state index >= 15 is 0 Å². The van der Waals surface area contributed by atoms with Crippen molar-refractivity contribution in [2.45, 2.75) is 20.3 Å². The van der Waals surface area contributed by atoms with E-state index in [4.69, 9.17) is 9.47 Å². The number of hydrogen-bond acceptors (Lipinski definition) is 4. The van der Waals surface area contributed by atoms with E-state index in [1.807, 2.05) is 38.1 Å². The number of hydrogen-bond donors (Lipinski definition) is 1. The topological polar surface area (TPSA) is 67.9 Å². The lowest BCUT2D eigenvalue weighted by atomic mass is 9.93. The van der Waals surface area contributed by atoms with Crippen molar-refractivity contribution in [2.24, 2.45) is 5.41 Å². The number of nitrogens with zero attached hydrogens (tertiary/aromatic N) is 1. The van der Waals surface area contributed by atoms with Crippen molar-refractivity contribution in [3.05, 3.63) is 48.0 Å². The third kappa shape index (κ3) is 4.05. The molecule has 0 fully saturated rings. The van der Waals surface area contributed by atoms with Crippen LogP contribution in [0.1, 0.15) is 19.4 Å². The lowest BCUT2D eigenvalue weighted by Crippen LogP contribution is -2.39. The summed E-state index contributed by atoms with van der Waals surface area (Å²) in [4.78, 5) is 26.5. The van der Waals surface area contributed by atoms with E-state index < -0.39 is 5.41 Å². The van der Waals surface area contributed by atoms with Gasteiger partial charge in [0.05, 0.1) is 24.6 Å². The maximum Gasteiger partial charge on any atom is 0.235 e. The zero-order chi connectivity index (χ0) is 19.6. The molecule has 0 bridgehead atoms. The van der Waals surface area contributed by atoms with Gasteiger partial charge in [0.2, 0.25) is 11.8 Å². The second-order valence-corrected chi connectivity index (χ2v) is 7.29. The summed E-state index contributed by atoms with van der Waals surface area (Å²) in [5, 5.41) is 2.88. The Morgan fingerprint density at radius 3 is 2.59 bits per heavy atom. The van der Waals surface area contributed by atoms with Crippen molar-refractivity contribution in [2.75, 3.05) is 31.0 Å². The smallest absolute Gasteiger partial charge is 0.235 e. The lowest BCUT2D eigenvalue weighted by molar-refractivity contribution is -0.127. The highest BCUT2D eigenvalue weighted by atomic mass is 16.5. The number of rotatable bonds is 4. The minimum absolute atomic E-state index is 0.00228. The van der Waals surface area contributed by atoms with Crippen LogP contribution < -0.4 is 19.7 Å². The van der Waals surface area contributed by atoms with Gasteiger partial charge in [-0.1, -0.05) is 12.1 Å². The predicted octanol–water partition coefficient (Wildman–Crippen LogP) is 3.26. The van der Waals surface area contributed by atoms with Crippen LogP contribution in [0.15, 0.2) is 42.5 Å². The molecule has 0 saturated heterocycles. The standard InChI is InChI=1S/C21H24N2O4/c1-21(2)13-27-18-12-15(7-10-17(18)23(3)20(21)25)22-19(24)11-14-5-8-16(26-4)9-6-14/h5-10,12H,11,13H2,1-4H3,(H,22,24). The van der Waals surface area contributed by atoms with E-state index in [0.717, 1.165) is 11.3 Å². The molecule has 1 aliphatic heterocycles. The molecule has 6 nitrogen and oxygen atoms in total. The number of methoxy groups -OCH3 is 1. The molecule has 3 rings (SSSR count). The van der Waals surface area contributed by atoms with Gasteiger partial charge in [-0.05, 0) is 43.7 Å². The first-order valence-corrected chi connectivity index (χ1v) is 8.78. The molecule has 2 aromatic rings. The summed E-state index contributed by atoms with van der Waals surface area (Å²) in [5.74, 6) is 1.21. The van der Waals surface area contributed by atoms with Crippen LogP contribution in [-0.4, -0.2) is 32.6 Å². The number of ether oxygens (including phenoxy) is 2. The number of amides is 2. The molecule has 1 N–H and O–H groups in total. The Morgan fingerprint density at radius 1 is 1.22 bits per heavy atom. The molecule has 142 valence electrons. The number of carbonyl (C=O) groups is 2. The van der Waals surface area contributed by atoms with Crippen LogP contribution >= 0.6 is 0 Å². The summed E-state index contributed by atoms with van der Waals surface area (Å²) in [6.45, 7) is 4.00. The van der Waals surface area contributed by atoms with Gasteiger partial charge in [0.15, 0.2) is 0 Å². The van der Waals surface area contributed by atoms with E-state index in [-0.39, 0.29) is 24.8 Å². The normalized spacial score (nSPS) is 15.4. The van der Waals surface area contributed by atoms with Crippen molar-refractivity contribution in [3.8, 4) is 11.5 Å². The average Bonchev–Trinajstić information content (AvgIpc) is 2.73. The van der Waals surface area contributed by atoms with Crippen LogP contribution in [-0.2, 0) is 16.0 Å². The Morgan fingerprint density at radius 2 is 1.93 bits per heavy atom. The Bertz CT molecular complexity index is 859. The largest absolute Gasteiger partial charge is 0.497 e. The quantitative estimate of drug-likeness (QED) is 0.899. The third-order valence-electron chi connectivity index (χ3n) is 4.60. The van der Waals surface area contributed by atoms with E-state index in [9.17, 15) is 9.59 Å². The highest BCUT2D eigenvalue weighted by Gasteiger charge is 2.36. The molecule has 0 radical (unpaired) electrons. The molecule has 2 aromatic carbocycles. The highest BCUT2D eigenvalue weighted by molar-refractivity contribution is 5.99. The van der Waals surface area contributed by atoms with E-state index in [0.29, 0.717) is 17.1 Å². The molecule has 0 spiro atoms. The first kappa shape index (κ1) is 18.8. The molecule has 27 heavy (non-hydrogen) atoms. The SMILES string of the molecule is COc1ccc(CC(=O)Nc2ccc3c(c2)OCC(C)(C)C(=O)N3C)cc1. The molecule has 1 aliphatic rings. The van der Waals surface area contributed by atoms with Crippen molar-refractivity contribution >= 4 is 23.2 Å². The highest BCUT2D eigenvalue weighted by Crippen LogP contribution is 2.37. The first-order chi connectivity index (χ1) is 12.8. The molecule has 2 amide bonds. The second-order valence-electron chi connectivity index (χ2n) is 7.29. The maximum atomic E-state index is 12.5. The van der Waals surface area contributed by atoms with Crippen LogP contribution in [0.2, 0.25) is 0 Å². The van der Waals surface area contributed by atoms with E-state index in [1.54, 1.807) is 37.3 Å². The fourth-order valence-electron chi connectivity index (χ4n) is 3.00. The predicted molar refractivity (Wildman–Crippen MR) is 104 cm³/mol. The monoisotopic (exact) mass is 368 g/mol. The minimum atomic E-state index is -0.606. The van der Waals surface area contributed by atoms with Crippen molar-refractivity contribution in [3.63, 3.8) is 0 Å². The van der Waals surface area contributed by atoms with Gasteiger partial charge >= 0.3 is 0 Å². The van der Waals surface area contributed by atoms with Gasteiger partial charge in [-0.25, -0.2) is 0 Å². The number of fused-ring (bicyclic) bond motifs is 1. The van der Waals surface area contributed by atoms with Crippen LogP contribution in [0, 0.1) is 5.41 Å². The second kappa shape index (κ2) is 7.31. The number of benzene rings is 2. The van der Waals surface area contributed by atoms with Gasteiger partial charge in [0.1, 0.15) is 18.1 Å². The van der Waals surface area contributed by atoms with Crippen molar-refractivity contribution in [1.29, 1.82) is 0 Å². The molecule has 0 atom stereocenters. The molecule has 6 heteroatoms. The van der Waals surface area contributed by atoms with Crippen LogP contribution in [0.5, 0.6) is 11.5 Å². The number of anilines is 2. The van der Waals surface area contributed by atoms with Crippen LogP contribution in [0.4, 0.5) is 11.4 Å². The Hall–Kier alpha value is -3.02. The fraction of sp³-hybridized carbons (Fsp3) is 0.333. The Labute approximate surface area is 159 Å². The summed E-state index contributed by atoms with van der Waals surface area (Å²) >= 11 is 0. The van der Waals surface area contributed by atoms with Gasteiger partial charge in [0, 0.05) is 18.8 Å². The summed E-state index contributed by atoms with van der Waals surface area (Å²) in [7, 11) is 3.34. The van der Waals surface area contributed by atoms with Gasteiger partial charge in [-0.15, -0.1) is 0 Å². The average molecular weight is 368 g/mol. The first-order valence-electron chi connectivity index (χ1n) is 8.78. The van der Waals surface area contributed by atoms with Gasteiger partial charge in [0.25, 0.3) is 0 Å².